The van der Waals surface area contributed by atoms with Crippen molar-refractivity contribution < 1.29 is 13.6 Å². The average Bonchev–Trinajstić information content (AvgIpc) is 3.00. The van der Waals surface area contributed by atoms with Gasteiger partial charge in [-0.1, -0.05) is 6.07 Å². The Kier molecular flexibility index (Phi) is 5.95. The van der Waals surface area contributed by atoms with Crippen LogP contribution in [-0.4, -0.2) is 34.9 Å². The highest BCUT2D eigenvalue weighted by Crippen LogP contribution is 2.16. The van der Waals surface area contributed by atoms with Crippen molar-refractivity contribution in [1.82, 2.24) is 20.0 Å². The maximum Gasteiger partial charge on any atom is 0.255 e. The zero-order valence-electron chi connectivity index (χ0n) is 13.8. The zero-order valence-corrected chi connectivity index (χ0v) is 15.4. The molecular formula is C18H17BrF2N4O. The van der Waals surface area contributed by atoms with Crippen molar-refractivity contribution in [3.05, 3.63) is 70.1 Å². The molecule has 1 amide bonds. The summed E-state index contributed by atoms with van der Waals surface area (Å²) in [4.78, 5) is 16.5. The van der Waals surface area contributed by atoms with E-state index >= 15 is 0 Å². The van der Waals surface area contributed by atoms with E-state index in [2.05, 4.69) is 31.5 Å². The van der Waals surface area contributed by atoms with E-state index in [4.69, 9.17) is 0 Å². The molecule has 26 heavy (non-hydrogen) atoms. The van der Waals surface area contributed by atoms with Crippen molar-refractivity contribution in [3.63, 3.8) is 0 Å². The van der Waals surface area contributed by atoms with E-state index in [0.29, 0.717) is 42.8 Å². The Morgan fingerprint density at radius 2 is 2.04 bits per heavy atom. The Morgan fingerprint density at radius 3 is 2.85 bits per heavy atom. The van der Waals surface area contributed by atoms with Crippen LogP contribution in [0.15, 0.2) is 47.3 Å². The van der Waals surface area contributed by atoms with E-state index in [-0.39, 0.29) is 5.91 Å². The van der Waals surface area contributed by atoms with E-state index in [0.717, 1.165) is 10.7 Å². The average molecular weight is 423 g/mol. The van der Waals surface area contributed by atoms with Crippen LogP contribution < -0.4 is 10.6 Å². The van der Waals surface area contributed by atoms with Gasteiger partial charge in [-0.3, -0.25) is 9.20 Å². The first-order valence-corrected chi connectivity index (χ1v) is 8.90. The number of imidazole rings is 1. The molecule has 3 rings (SSSR count). The minimum Gasteiger partial charge on any atom is -0.351 e. The summed E-state index contributed by atoms with van der Waals surface area (Å²) >= 11 is 3.37. The van der Waals surface area contributed by atoms with Crippen LogP contribution in [0.5, 0.6) is 0 Å². The van der Waals surface area contributed by atoms with Gasteiger partial charge in [0.05, 0.1) is 11.8 Å². The third-order valence-corrected chi connectivity index (χ3v) is 4.50. The third kappa shape index (κ3) is 4.25. The largest absolute Gasteiger partial charge is 0.351 e. The van der Waals surface area contributed by atoms with Gasteiger partial charge in [0.15, 0.2) is 0 Å². The lowest BCUT2D eigenvalue weighted by Gasteiger charge is -2.08. The molecule has 8 heteroatoms. The number of halogens is 3. The predicted octanol–water partition coefficient (Wildman–Crippen LogP) is 2.94. The first-order valence-electron chi connectivity index (χ1n) is 8.10. The number of carbonyl (C=O) groups is 1. The fraction of sp³-hybridized carbons (Fsp3) is 0.222. The molecule has 0 spiro atoms. The van der Waals surface area contributed by atoms with Crippen molar-refractivity contribution in [2.75, 3.05) is 19.6 Å². The molecule has 0 aliphatic heterocycles. The highest BCUT2D eigenvalue weighted by atomic mass is 79.9. The van der Waals surface area contributed by atoms with Gasteiger partial charge in [0.2, 0.25) is 0 Å². The van der Waals surface area contributed by atoms with Gasteiger partial charge in [-0.25, -0.2) is 13.8 Å². The topological polar surface area (TPSA) is 58.4 Å². The number of fused-ring (bicyclic) bond motifs is 1. The summed E-state index contributed by atoms with van der Waals surface area (Å²) in [5.41, 5.74) is 1.53. The van der Waals surface area contributed by atoms with Crippen LogP contribution in [0.25, 0.3) is 5.65 Å². The molecule has 5 nitrogen and oxygen atoms in total. The van der Waals surface area contributed by atoms with Crippen molar-refractivity contribution in [3.8, 4) is 0 Å². The number of amides is 1. The summed E-state index contributed by atoms with van der Waals surface area (Å²) in [6.07, 6.45) is 3.91. The fourth-order valence-corrected chi connectivity index (χ4v) is 2.98. The number of carbonyl (C=O) groups excluding carboxylic acids is 1. The molecule has 0 radical (unpaired) electrons. The van der Waals surface area contributed by atoms with E-state index in [1.165, 1.54) is 12.1 Å². The van der Waals surface area contributed by atoms with Gasteiger partial charge >= 0.3 is 0 Å². The van der Waals surface area contributed by atoms with E-state index in [9.17, 15) is 13.6 Å². The molecule has 0 saturated carbocycles. The summed E-state index contributed by atoms with van der Waals surface area (Å²) in [7, 11) is 0. The van der Waals surface area contributed by atoms with Gasteiger partial charge in [0.1, 0.15) is 21.9 Å². The number of rotatable bonds is 7. The molecule has 0 atom stereocenters. The second-order valence-corrected chi connectivity index (χ2v) is 6.50. The fourth-order valence-electron chi connectivity index (χ4n) is 2.59. The molecule has 1 aromatic carbocycles. The highest BCUT2D eigenvalue weighted by Gasteiger charge is 2.12. The maximum absolute atomic E-state index is 13.5. The first kappa shape index (κ1) is 18.5. The standard InChI is InChI=1S/C18H17BrF2N4O/c19-16-11-24-17-14(2-1-9-25(16)17)18(26)23-8-7-22-6-5-12-3-4-13(20)10-15(12)21/h1-4,9-11,22H,5-8H2,(H,23,26). The Hall–Kier alpha value is -2.32. The minimum absolute atomic E-state index is 0.208. The second-order valence-electron chi connectivity index (χ2n) is 5.69. The minimum atomic E-state index is -0.582. The van der Waals surface area contributed by atoms with Gasteiger partial charge in [-0.2, -0.15) is 0 Å². The smallest absolute Gasteiger partial charge is 0.255 e. The van der Waals surface area contributed by atoms with Crippen molar-refractivity contribution in [2.45, 2.75) is 6.42 Å². The molecule has 2 aromatic heterocycles. The summed E-state index contributed by atoms with van der Waals surface area (Å²) in [5.74, 6) is -1.33. The van der Waals surface area contributed by atoms with Crippen LogP contribution in [-0.2, 0) is 6.42 Å². The molecule has 0 fully saturated rings. The summed E-state index contributed by atoms with van der Waals surface area (Å²) in [5, 5.41) is 5.94. The van der Waals surface area contributed by atoms with Crippen molar-refractivity contribution in [1.29, 1.82) is 0 Å². The summed E-state index contributed by atoms with van der Waals surface area (Å²) in [6, 6.07) is 7.06. The molecule has 136 valence electrons. The predicted molar refractivity (Wildman–Crippen MR) is 98.2 cm³/mol. The number of pyridine rings is 1. The number of hydrogen-bond donors (Lipinski definition) is 2. The van der Waals surface area contributed by atoms with Crippen LogP contribution in [0.3, 0.4) is 0 Å². The Bertz CT molecular complexity index is 929. The molecule has 2 heterocycles. The van der Waals surface area contributed by atoms with Crippen LogP contribution in [0.1, 0.15) is 15.9 Å². The van der Waals surface area contributed by atoms with E-state index < -0.39 is 11.6 Å². The van der Waals surface area contributed by atoms with Gasteiger partial charge in [0.25, 0.3) is 5.91 Å². The van der Waals surface area contributed by atoms with Gasteiger partial charge in [0, 0.05) is 25.4 Å². The molecule has 0 unspecified atom stereocenters. The lowest BCUT2D eigenvalue weighted by molar-refractivity contribution is 0.0955. The molecule has 0 saturated heterocycles. The van der Waals surface area contributed by atoms with Gasteiger partial charge < -0.3 is 10.6 Å². The lowest BCUT2D eigenvalue weighted by Crippen LogP contribution is -2.32. The highest BCUT2D eigenvalue weighted by molar-refractivity contribution is 9.10. The SMILES string of the molecule is O=C(NCCNCCc1ccc(F)cc1F)c1cccn2c(Br)cnc12. The summed E-state index contributed by atoms with van der Waals surface area (Å²) < 4.78 is 28.9. The van der Waals surface area contributed by atoms with E-state index in [1.54, 1.807) is 22.7 Å². The first-order chi connectivity index (χ1) is 12.6. The number of nitrogens with one attached hydrogen (secondary N) is 2. The lowest BCUT2D eigenvalue weighted by atomic mass is 10.1. The van der Waals surface area contributed by atoms with Gasteiger partial charge in [-0.05, 0) is 52.7 Å². The number of benzene rings is 1. The Morgan fingerprint density at radius 1 is 1.19 bits per heavy atom. The number of nitrogens with zero attached hydrogens (tertiary/aromatic N) is 2. The molecule has 0 aliphatic rings. The molecular weight excluding hydrogens is 406 g/mol. The van der Waals surface area contributed by atoms with Crippen molar-refractivity contribution >= 4 is 27.5 Å². The third-order valence-electron chi connectivity index (χ3n) is 3.91. The van der Waals surface area contributed by atoms with Crippen LogP contribution in [0, 0.1) is 11.6 Å². The monoisotopic (exact) mass is 422 g/mol. The van der Waals surface area contributed by atoms with Gasteiger partial charge in [-0.15, -0.1) is 0 Å². The van der Waals surface area contributed by atoms with Crippen LogP contribution in [0.4, 0.5) is 8.78 Å². The van der Waals surface area contributed by atoms with Crippen LogP contribution in [0.2, 0.25) is 0 Å². The molecule has 0 bridgehead atoms. The molecule has 2 N–H and O–H groups in total. The van der Waals surface area contributed by atoms with Crippen LogP contribution >= 0.6 is 15.9 Å². The quantitative estimate of drug-likeness (QED) is 0.575. The Labute approximate surface area is 157 Å². The zero-order chi connectivity index (χ0) is 18.5. The Balaban J connectivity index is 1.44. The molecule has 3 aromatic rings. The normalized spacial score (nSPS) is 11.0. The summed E-state index contributed by atoms with van der Waals surface area (Å²) in [6.45, 7) is 1.49. The number of hydrogen-bond acceptors (Lipinski definition) is 3. The molecule has 0 aliphatic carbocycles. The number of aromatic nitrogens is 2. The van der Waals surface area contributed by atoms with Crippen molar-refractivity contribution in [2.24, 2.45) is 0 Å². The second kappa shape index (κ2) is 8.37. The van der Waals surface area contributed by atoms with E-state index in [1.807, 2.05) is 6.20 Å². The maximum atomic E-state index is 13.5.